The van der Waals surface area contributed by atoms with Crippen LogP contribution in [0.5, 0.6) is 0 Å². The molecule has 0 N–H and O–H groups in total. The number of esters is 1. The Morgan fingerprint density at radius 3 is 2.83 bits per heavy atom. The number of hydrogen-bond donors (Lipinski definition) is 0. The summed E-state index contributed by atoms with van der Waals surface area (Å²) in [5, 5.41) is 0. The number of methoxy groups -OCH3 is 1. The SMILES string of the molecule is C[CH]c1cccc(C(=O)OC)c1. The van der Waals surface area contributed by atoms with Gasteiger partial charge in [-0.05, 0) is 24.1 Å². The van der Waals surface area contributed by atoms with Crippen LogP contribution in [0.2, 0.25) is 0 Å². The lowest BCUT2D eigenvalue weighted by atomic mass is 10.1. The van der Waals surface area contributed by atoms with E-state index in [0.29, 0.717) is 5.56 Å². The summed E-state index contributed by atoms with van der Waals surface area (Å²) in [6.45, 7) is 1.93. The predicted molar refractivity (Wildman–Crippen MR) is 46.9 cm³/mol. The third-order valence-corrected chi connectivity index (χ3v) is 1.64. The standard InChI is InChI=1S/C10H11O2/c1-3-8-5-4-6-9(7-8)10(11)12-2/h3-7H,1-2H3. The number of ether oxygens (including phenoxy) is 1. The minimum absolute atomic E-state index is 0.293. The molecule has 0 aliphatic carbocycles. The van der Waals surface area contributed by atoms with Gasteiger partial charge in [0.1, 0.15) is 0 Å². The molecule has 0 aliphatic heterocycles. The van der Waals surface area contributed by atoms with Gasteiger partial charge in [-0.3, -0.25) is 0 Å². The summed E-state index contributed by atoms with van der Waals surface area (Å²) in [6, 6.07) is 7.30. The molecule has 0 spiro atoms. The molecule has 1 aromatic rings. The van der Waals surface area contributed by atoms with Gasteiger partial charge in [-0.1, -0.05) is 19.1 Å². The summed E-state index contributed by atoms with van der Waals surface area (Å²) < 4.78 is 4.58. The number of rotatable bonds is 2. The monoisotopic (exact) mass is 163 g/mol. The molecule has 63 valence electrons. The molecule has 0 heterocycles. The van der Waals surface area contributed by atoms with Crippen LogP contribution in [0, 0.1) is 6.42 Å². The van der Waals surface area contributed by atoms with E-state index in [-0.39, 0.29) is 5.97 Å². The quantitative estimate of drug-likeness (QED) is 0.624. The van der Waals surface area contributed by atoms with Crippen molar-refractivity contribution in [3.63, 3.8) is 0 Å². The Kier molecular flexibility index (Phi) is 2.86. The number of carbonyl (C=O) groups excluding carboxylic acids is 1. The Morgan fingerprint density at radius 1 is 1.50 bits per heavy atom. The van der Waals surface area contributed by atoms with Gasteiger partial charge in [-0.15, -0.1) is 0 Å². The maximum absolute atomic E-state index is 11.0. The van der Waals surface area contributed by atoms with Crippen LogP contribution >= 0.6 is 0 Å². The molecule has 0 atom stereocenters. The van der Waals surface area contributed by atoms with Crippen molar-refractivity contribution in [1.29, 1.82) is 0 Å². The number of benzene rings is 1. The molecule has 0 fully saturated rings. The Labute approximate surface area is 72.2 Å². The summed E-state index contributed by atoms with van der Waals surface area (Å²) in [4.78, 5) is 11.0. The largest absolute Gasteiger partial charge is 0.465 e. The van der Waals surface area contributed by atoms with Crippen LogP contribution in [0.1, 0.15) is 22.8 Å². The smallest absolute Gasteiger partial charge is 0.337 e. The van der Waals surface area contributed by atoms with Gasteiger partial charge in [-0.25, -0.2) is 4.79 Å². The highest BCUT2D eigenvalue weighted by molar-refractivity contribution is 5.89. The molecule has 1 radical (unpaired) electrons. The summed E-state index contributed by atoms with van der Waals surface area (Å²) in [5.74, 6) is -0.293. The van der Waals surface area contributed by atoms with E-state index in [2.05, 4.69) is 4.74 Å². The number of hydrogen-bond acceptors (Lipinski definition) is 2. The van der Waals surface area contributed by atoms with Crippen LogP contribution in [0.4, 0.5) is 0 Å². The second-order valence-corrected chi connectivity index (χ2v) is 2.41. The zero-order valence-electron chi connectivity index (χ0n) is 7.20. The molecule has 2 nitrogen and oxygen atoms in total. The summed E-state index contributed by atoms with van der Waals surface area (Å²) >= 11 is 0. The molecule has 0 unspecified atom stereocenters. The first-order valence-corrected chi connectivity index (χ1v) is 3.75. The molecule has 0 bridgehead atoms. The van der Waals surface area contributed by atoms with E-state index in [4.69, 9.17) is 0 Å². The topological polar surface area (TPSA) is 26.3 Å². The van der Waals surface area contributed by atoms with Crippen molar-refractivity contribution < 1.29 is 9.53 Å². The highest BCUT2D eigenvalue weighted by Gasteiger charge is 2.03. The van der Waals surface area contributed by atoms with Crippen molar-refractivity contribution in [3.8, 4) is 0 Å². The molecule has 1 aromatic carbocycles. The summed E-state index contributed by atoms with van der Waals surface area (Å²) in [5.41, 5.74) is 1.62. The zero-order valence-corrected chi connectivity index (χ0v) is 7.20. The van der Waals surface area contributed by atoms with Gasteiger partial charge in [-0.2, -0.15) is 0 Å². The predicted octanol–water partition coefficient (Wildman–Crippen LogP) is 2.05. The third-order valence-electron chi connectivity index (χ3n) is 1.64. The fraction of sp³-hybridized carbons (Fsp3) is 0.200. The van der Waals surface area contributed by atoms with Gasteiger partial charge in [0, 0.05) is 0 Å². The molecule has 0 aromatic heterocycles. The first kappa shape index (κ1) is 8.78. The van der Waals surface area contributed by atoms with Gasteiger partial charge in [0.15, 0.2) is 0 Å². The molecule has 0 aliphatic rings. The van der Waals surface area contributed by atoms with Gasteiger partial charge in [0.2, 0.25) is 0 Å². The van der Waals surface area contributed by atoms with Gasteiger partial charge in [0.25, 0.3) is 0 Å². The molecule has 2 heteroatoms. The van der Waals surface area contributed by atoms with E-state index in [9.17, 15) is 4.79 Å². The first-order chi connectivity index (χ1) is 5.77. The molecular weight excluding hydrogens is 152 g/mol. The van der Waals surface area contributed by atoms with E-state index >= 15 is 0 Å². The van der Waals surface area contributed by atoms with Crippen LogP contribution in [-0.2, 0) is 4.74 Å². The Hall–Kier alpha value is -1.31. The van der Waals surface area contributed by atoms with Crippen LogP contribution in [0.3, 0.4) is 0 Å². The normalized spacial score (nSPS) is 9.50. The molecule has 12 heavy (non-hydrogen) atoms. The highest BCUT2D eigenvalue weighted by Crippen LogP contribution is 2.07. The zero-order chi connectivity index (χ0) is 8.97. The maximum Gasteiger partial charge on any atom is 0.337 e. The Bertz CT molecular complexity index is 279. The van der Waals surface area contributed by atoms with Crippen LogP contribution < -0.4 is 0 Å². The summed E-state index contributed by atoms with van der Waals surface area (Å²) in [7, 11) is 1.38. The van der Waals surface area contributed by atoms with E-state index in [0.717, 1.165) is 5.56 Å². The minimum atomic E-state index is -0.293. The van der Waals surface area contributed by atoms with Crippen molar-refractivity contribution >= 4 is 5.97 Å². The van der Waals surface area contributed by atoms with Crippen molar-refractivity contribution in [1.82, 2.24) is 0 Å². The second-order valence-electron chi connectivity index (χ2n) is 2.41. The van der Waals surface area contributed by atoms with Gasteiger partial charge < -0.3 is 4.74 Å². The van der Waals surface area contributed by atoms with E-state index in [1.807, 2.05) is 25.5 Å². The van der Waals surface area contributed by atoms with Crippen molar-refractivity contribution in [2.45, 2.75) is 6.92 Å². The van der Waals surface area contributed by atoms with E-state index in [1.165, 1.54) is 7.11 Å². The molecule has 0 saturated carbocycles. The molecule has 1 rings (SSSR count). The highest BCUT2D eigenvalue weighted by atomic mass is 16.5. The lowest BCUT2D eigenvalue weighted by Gasteiger charge is -2.00. The Balaban J connectivity index is 2.93. The average Bonchev–Trinajstić information content (AvgIpc) is 2.17. The fourth-order valence-corrected chi connectivity index (χ4v) is 0.963. The van der Waals surface area contributed by atoms with E-state index < -0.39 is 0 Å². The van der Waals surface area contributed by atoms with Crippen molar-refractivity contribution in [2.75, 3.05) is 7.11 Å². The van der Waals surface area contributed by atoms with Crippen LogP contribution in [0.15, 0.2) is 24.3 Å². The first-order valence-electron chi connectivity index (χ1n) is 3.75. The van der Waals surface area contributed by atoms with Crippen molar-refractivity contribution in [2.24, 2.45) is 0 Å². The molecule has 0 saturated heterocycles. The van der Waals surface area contributed by atoms with Gasteiger partial charge in [0.05, 0.1) is 12.7 Å². The van der Waals surface area contributed by atoms with Crippen molar-refractivity contribution in [3.05, 3.63) is 41.8 Å². The molecule has 0 amide bonds. The molecular formula is C10H11O2. The van der Waals surface area contributed by atoms with Gasteiger partial charge >= 0.3 is 5.97 Å². The van der Waals surface area contributed by atoms with Crippen LogP contribution in [-0.4, -0.2) is 13.1 Å². The third kappa shape index (κ3) is 1.84. The lowest BCUT2D eigenvalue weighted by molar-refractivity contribution is 0.0600. The Morgan fingerprint density at radius 2 is 2.25 bits per heavy atom. The lowest BCUT2D eigenvalue weighted by Crippen LogP contribution is -2.00. The summed E-state index contributed by atoms with van der Waals surface area (Å²) in [6.07, 6.45) is 1.94. The maximum atomic E-state index is 11.0. The fourth-order valence-electron chi connectivity index (χ4n) is 0.963. The average molecular weight is 163 g/mol. The minimum Gasteiger partial charge on any atom is -0.465 e. The van der Waals surface area contributed by atoms with E-state index in [1.54, 1.807) is 12.1 Å². The second kappa shape index (κ2) is 3.90. The number of carbonyl (C=O) groups is 1. The van der Waals surface area contributed by atoms with Crippen LogP contribution in [0.25, 0.3) is 0 Å².